The first-order valence-corrected chi connectivity index (χ1v) is 9.39. The highest BCUT2D eigenvalue weighted by Gasteiger charge is 2.17. The zero-order valence-electron chi connectivity index (χ0n) is 16.3. The Morgan fingerprint density at radius 2 is 1.77 bits per heavy atom. The van der Waals surface area contributed by atoms with E-state index in [0.717, 1.165) is 9.13 Å². The van der Waals surface area contributed by atoms with Gasteiger partial charge in [-0.25, -0.2) is 9.36 Å². The first-order chi connectivity index (χ1) is 15.0. The van der Waals surface area contributed by atoms with Crippen molar-refractivity contribution in [1.82, 2.24) is 14.5 Å². The Kier molecular flexibility index (Phi) is 5.23. The van der Waals surface area contributed by atoms with Gasteiger partial charge in [-0.15, -0.1) is 0 Å². The highest BCUT2D eigenvalue weighted by atomic mass is 16.3. The SMILES string of the molecule is NC(=O)Cn1c(=O)n(-c2ccccc2)c(=O)c2ccc(C(=O)NCc3ccco3)cc21. The van der Waals surface area contributed by atoms with Gasteiger partial charge >= 0.3 is 5.69 Å². The standard InChI is InChI=1S/C22H18N4O5/c23-19(27)13-25-18-11-14(20(28)24-12-16-7-4-10-31-16)8-9-17(18)21(29)26(22(25)30)15-5-2-1-3-6-15/h1-11H,12-13H2,(H2,23,27)(H,24,28). The molecular weight excluding hydrogens is 400 g/mol. The van der Waals surface area contributed by atoms with E-state index < -0.39 is 29.6 Å². The minimum absolute atomic E-state index is 0.145. The van der Waals surface area contributed by atoms with Crippen molar-refractivity contribution in [2.24, 2.45) is 5.73 Å². The molecule has 2 heterocycles. The third-order valence-corrected chi connectivity index (χ3v) is 4.74. The van der Waals surface area contributed by atoms with Crippen LogP contribution in [0.2, 0.25) is 0 Å². The molecule has 31 heavy (non-hydrogen) atoms. The molecule has 9 heteroatoms. The lowest BCUT2D eigenvalue weighted by molar-refractivity contribution is -0.118. The molecule has 3 N–H and O–H groups in total. The van der Waals surface area contributed by atoms with Gasteiger partial charge in [0.2, 0.25) is 5.91 Å². The molecule has 4 rings (SSSR count). The number of nitrogens with zero attached hydrogens (tertiary/aromatic N) is 2. The number of aromatic nitrogens is 2. The average Bonchev–Trinajstić information content (AvgIpc) is 3.29. The van der Waals surface area contributed by atoms with Crippen LogP contribution in [0, 0.1) is 0 Å². The van der Waals surface area contributed by atoms with E-state index in [1.54, 1.807) is 42.5 Å². The predicted octanol–water partition coefficient (Wildman–Crippen LogP) is 1.16. The number of amides is 2. The monoisotopic (exact) mass is 418 g/mol. The van der Waals surface area contributed by atoms with Crippen LogP contribution in [0.25, 0.3) is 16.6 Å². The molecule has 0 aliphatic carbocycles. The van der Waals surface area contributed by atoms with Crippen LogP contribution >= 0.6 is 0 Å². The molecule has 0 spiro atoms. The lowest BCUT2D eigenvalue weighted by Gasteiger charge is -2.14. The van der Waals surface area contributed by atoms with Crippen LogP contribution in [0.3, 0.4) is 0 Å². The molecule has 0 aliphatic heterocycles. The number of hydrogen-bond acceptors (Lipinski definition) is 5. The van der Waals surface area contributed by atoms with Gasteiger partial charge in [-0.05, 0) is 42.5 Å². The first-order valence-electron chi connectivity index (χ1n) is 9.39. The van der Waals surface area contributed by atoms with Gasteiger partial charge in [0.25, 0.3) is 11.5 Å². The Bertz CT molecular complexity index is 1390. The number of fused-ring (bicyclic) bond motifs is 1. The summed E-state index contributed by atoms with van der Waals surface area (Å²) in [6.45, 7) is -0.270. The summed E-state index contributed by atoms with van der Waals surface area (Å²) in [6.07, 6.45) is 1.50. The van der Waals surface area contributed by atoms with Gasteiger partial charge in [0.1, 0.15) is 12.3 Å². The van der Waals surface area contributed by atoms with Crippen LogP contribution < -0.4 is 22.3 Å². The number of para-hydroxylation sites is 1. The number of hydrogen-bond donors (Lipinski definition) is 2. The Hall–Kier alpha value is -4.40. The Morgan fingerprint density at radius 3 is 2.45 bits per heavy atom. The molecule has 2 aromatic carbocycles. The highest BCUT2D eigenvalue weighted by Crippen LogP contribution is 2.14. The summed E-state index contributed by atoms with van der Waals surface area (Å²) in [4.78, 5) is 50.4. The van der Waals surface area contributed by atoms with Crippen LogP contribution in [0.4, 0.5) is 0 Å². The average molecular weight is 418 g/mol. The molecule has 2 amide bonds. The van der Waals surface area contributed by atoms with E-state index >= 15 is 0 Å². The van der Waals surface area contributed by atoms with E-state index in [1.165, 1.54) is 24.5 Å². The van der Waals surface area contributed by atoms with Crippen molar-refractivity contribution in [3.05, 3.63) is 99.1 Å². The van der Waals surface area contributed by atoms with Crippen LogP contribution in [0.1, 0.15) is 16.1 Å². The summed E-state index contributed by atoms with van der Waals surface area (Å²) in [7, 11) is 0. The predicted molar refractivity (Wildman–Crippen MR) is 113 cm³/mol. The van der Waals surface area contributed by atoms with Gasteiger partial charge in [-0.2, -0.15) is 0 Å². The summed E-state index contributed by atoms with van der Waals surface area (Å²) >= 11 is 0. The lowest BCUT2D eigenvalue weighted by Crippen LogP contribution is -2.41. The number of carbonyl (C=O) groups excluding carboxylic acids is 2. The fourth-order valence-corrected chi connectivity index (χ4v) is 3.30. The second-order valence-corrected chi connectivity index (χ2v) is 6.81. The lowest BCUT2D eigenvalue weighted by atomic mass is 10.1. The smallest absolute Gasteiger partial charge is 0.336 e. The summed E-state index contributed by atoms with van der Waals surface area (Å²) in [5, 5.41) is 2.87. The summed E-state index contributed by atoms with van der Waals surface area (Å²) < 4.78 is 7.25. The molecule has 0 saturated carbocycles. The zero-order chi connectivity index (χ0) is 22.0. The van der Waals surface area contributed by atoms with Gasteiger partial charge in [0.05, 0.1) is 29.4 Å². The van der Waals surface area contributed by atoms with Crippen molar-refractivity contribution in [3.8, 4) is 5.69 Å². The molecule has 0 atom stereocenters. The van der Waals surface area contributed by atoms with E-state index in [2.05, 4.69) is 5.32 Å². The molecule has 9 nitrogen and oxygen atoms in total. The molecule has 0 unspecified atom stereocenters. The Labute approximate surface area is 175 Å². The van der Waals surface area contributed by atoms with Gasteiger partial charge < -0.3 is 15.5 Å². The maximum Gasteiger partial charge on any atom is 0.336 e. The summed E-state index contributed by atoms with van der Waals surface area (Å²) in [5.74, 6) is -0.608. The van der Waals surface area contributed by atoms with Crippen molar-refractivity contribution in [3.63, 3.8) is 0 Å². The molecular formula is C22H18N4O5. The molecule has 0 fully saturated rings. The first kappa shape index (κ1) is 19.9. The number of benzene rings is 2. The molecule has 4 aromatic rings. The molecule has 0 bridgehead atoms. The van der Waals surface area contributed by atoms with E-state index in [1.807, 2.05) is 0 Å². The minimum Gasteiger partial charge on any atom is -0.467 e. The maximum atomic E-state index is 13.1. The fourth-order valence-electron chi connectivity index (χ4n) is 3.30. The van der Waals surface area contributed by atoms with Crippen LogP contribution in [0.5, 0.6) is 0 Å². The van der Waals surface area contributed by atoms with Crippen molar-refractivity contribution < 1.29 is 14.0 Å². The van der Waals surface area contributed by atoms with Crippen molar-refractivity contribution >= 4 is 22.7 Å². The van der Waals surface area contributed by atoms with Crippen LogP contribution in [-0.4, -0.2) is 20.9 Å². The van der Waals surface area contributed by atoms with Crippen molar-refractivity contribution in [2.45, 2.75) is 13.1 Å². The number of furan rings is 1. The number of rotatable bonds is 6. The van der Waals surface area contributed by atoms with E-state index in [4.69, 9.17) is 10.2 Å². The van der Waals surface area contributed by atoms with E-state index in [9.17, 15) is 19.2 Å². The molecule has 0 saturated heterocycles. The van der Waals surface area contributed by atoms with Crippen molar-refractivity contribution in [1.29, 1.82) is 0 Å². The zero-order valence-corrected chi connectivity index (χ0v) is 16.3. The van der Waals surface area contributed by atoms with Crippen LogP contribution in [-0.2, 0) is 17.9 Å². The van der Waals surface area contributed by atoms with E-state index in [0.29, 0.717) is 11.4 Å². The summed E-state index contributed by atoms with van der Waals surface area (Å²) in [5.41, 5.74) is 4.77. The molecule has 0 aliphatic rings. The van der Waals surface area contributed by atoms with Crippen LogP contribution in [0.15, 0.2) is 80.9 Å². The summed E-state index contributed by atoms with van der Waals surface area (Å²) in [6, 6.07) is 16.1. The minimum atomic E-state index is -0.755. The van der Waals surface area contributed by atoms with Crippen molar-refractivity contribution in [2.75, 3.05) is 0 Å². The fraction of sp³-hybridized carbons (Fsp3) is 0.0909. The number of nitrogens with two attached hydrogens (primary N) is 1. The van der Waals surface area contributed by atoms with Gasteiger partial charge in [0, 0.05) is 5.56 Å². The third-order valence-electron chi connectivity index (χ3n) is 4.74. The second-order valence-electron chi connectivity index (χ2n) is 6.81. The van der Waals surface area contributed by atoms with Gasteiger partial charge in [0.15, 0.2) is 0 Å². The maximum absolute atomic E-state index is 13.1. The number of primary amides is 1. The Balaban J connectivity index is 1.84. The van der Waals surface area contributed by atoms with Gasteiger partial charge in [-0.1, -0.05) is 18.2 Å². The normalized spacial score (nSPS) is 10.8. The molecule has 0 radical (unpaired) electrons. The molecule has 156 valence electrons. The van der Waals surface area contributed by atoms with Gasteiger partial charge in [-0.3, -0.25) is 19.0 Å². The number of nitrogens with one attached hydrogen (secondary N) is 1. The number of carbonyl (C=O) groups is 2. The van der Waals surface area contributed by atoms with E-state index in [-0.39, 0.29) is 23.0 Å². The second kappa shape index (κ2) is 8.15. The quantitative estimate of drug-likeness (QED) is 0.485. The Morgan fingerprint density at radius 1 is 1.00 bits per heavy atom. The third kappa shape index (κ3) is 3.88. The molecule has 2 aromatic heterocycles. The topological polar surface area (TPSA) is 129 Å². The largest absolute Gasteiger partial charge is 0.467 e. The highest BCUT2D eigenvalue weighted by molar-refractivity contribution is 5.97.